The molecule has 3 rings (SSSR count). The summed E-state index contributed by atoms with van der Waals surface area (Å²) in [5.41, 5.74) is 1.53. The van der Waals surface area contributed by atoms with Gasteiger partial charge in [0.15, 0.2) is 0 Å². The van der Waals surface area contributed by atoms with Gasteiger partial charge in [0.25, 0.3) is 5.91 Å². The van der Waals surface area contributed by atoms with Crippen molar-refractivity contribution in [3.8, 4) is 11.5 Å². The third-order valence-electron chi connectivity index (χ3n) is 3.85. The van der Waals surface area contributed by atoms with E-state index in [9.17, 15) is 4.79 Å². The summed E-state index contributed by atoms with van der Waals surface area (Å²) >= 11 is 1.61. The number of hydrogen-bond donors (Lipinski definition) is 1. The van der Waals surface area contributed by atoms with Crippen molar-refractivity contribution in [3.63, 3.8) is 0 Å². The fourth-order valence-electron chi connectivity index (χ4n) is 2.57. The molecule has 0 radical (unpaired) electrons. The zero-order valence-corrected chi connectivity index (χ0v) is 14.9. The van der Waals surface area contributed by atoms with Crippen LogP contribution in [0.3, 0.4) is 0 Å². The van der Waals surface area contributed by atoms with Crippen molar-refractivity contribution in [1.29, 1.82) is 0 Å². The Morgan fingerprint density at radius 1 is 0.960 bits per heavy atom. The number of nitrogens with one attached hydrogen (secondary N) is 1. The number of ether oxygens (including phenoxy) is 2. The number of rotatable bonds is 6. The number of methoxy groups -OCH3 is 2. The standard InChI is InChI=1S/C20H19NO3S/c1-23-16-11-15(12-17(13-16)24-2)20(22)21-19(18-9-6-10-25-18)14-7-4-3-5-8-14/h3-13,19H,1-2H3,(H,21,22)/t19-/m1/s1. The van der Waals surface area contributed by atoms with Gasteiger partial charge in [-0.2, -0.15) is 0 Å². The molecule has 128 valence electrons. The maximum absolute atomic E-state index is 12.8. The molecular weight excluding hydrogens is 334 g/mol. The highest BCUT2D eigenvalue weighted by Gasteiger charge is 2.19. The first-order valence-electron chi connectivity index (χ1n) is 7.83. The summed E-state index contributed by atoms with van der Waals surface area (Å²) in [6.45, 7) is 0. The van der Waals surface area contributed by atoms with E-state index in [1.54, 1.807) is 43.8 Å². The largest absolute Gasteiger partial charge is 0.497 e. The van der Waals surface area contributed by atoms with Gasteiger partial charge in [0.1, 0.15) is 11.5 Å². The van der Waals surface area contributed by atoms with Crippen molar-refractivity contribution in [2.24, 2.45) is 0 Å². The van der Waals surface area contributed by atoms with Gasteiger partial charge < -0.3 is 14.8 Å². The highest BCUT2D eigenvalue weighted by molar-refractivity contribution is 7.10. The molecule has 3 aromatic rings. The Labute approximate surface area is 151 Å². The fourth-order valence-corrected chi connectivity index (χ4v) is 3.38. The van der Waals surface area contributed by atoms with Gasteiger partial charge in [-0.15, -0.1) is 11.3 Å². The maximum Gasteiger partial charge on any atom is 0.252 e. The van der Waals surface area contributed by atoms with Crippen molar-refractivity contribution >= 4 is 17.2 Å². The Morgan fingerprint density at radius 3 is 2.20 bits per heavy atom. The van der Waals surface area contributed by atoms with E-state index >= 15 is 0 Å². The van der Waals surface area contributed by atoms with Crippen LogP contribution in [0.5, 0.6) is 11.5 Å². The first-order valence-corrected chi connectivity index (χ1v) is 8.71. The second-order valence-corrected chi connectivity index (χ2v) is 6.41. The highest BCUT2D eigenvalue weighted by Crippen LogP contribution is 2.27. The first kappa shape index (κ1) is 17.0. The Kier molecular flexibility index (Phi) is 5.36. The molecule has 1 N–H and O–H groups in total. The molecule has 2 aromatic carbocycles. The van der Waals surface area contributed by atoms with E-state index in [1.165, 1.54) is 0 Å². The van der Waals surface area contributed by atoms with Crippen LogP contribution in [0, 0.1) is 0 Å². The molecule has 0 saturated carbocycles. The van der Waals surface area contributed by atoms with Gasteiger partial charge in [-0.3, -0.25) is 4.79 Å². The Morgan fingerprint density at radius 2 is 1.64 bits per heavy atom. The topological polar surface area (TPSA) is 47.6 Å². The molecule has 1 aromatic heterocycles. The van der Waals surface area contributed by atoms with E-state index in [0.717, 1.165) is 10.4 Å². The molecule has 0 aliphatic carbocycles. The Hall–Kier alpha value is -2.79. The lowest BCUT2D eigenvalue weighted by Crippen LogP contribution is -2.28. The van der Waals surface area contributed by atoms with E-state index in [0.29, 0.717) is 17.1 Å². The molecule has 1 amide bonds. The highest BCUT2D eigenvalue weighted by atomic mass is 32.1. The van der Waals surface area contributed by atoms with Crippen LogP contribution in [-0.2, 0) is 0 Å². The maximum atomic E-state index is 12.8. The molecule has 0 aliphatic rings. The molecule has 4 nitrogen and oxygen atoms in total. The summed E-state index contributed by atoms with van der Waals surface area (Å²) in [4.78, 5) is 13.9. The quantitative estimate of drug-likeness (QED) is 0.719. The number of amides is 1. The number of carbonyl (C=O) groups is 1. The molecule has 1 heterocycles. The third-order valence-corrected chi connectivity index (χ3v) is 4.79. The van der Waals surface area contributed by atoms with Gasteiger partial charge in [0.2, 0.25) is 0 Å². The Balaban J connectivity index is 1.91. The number of hydrogen-bond acceptors (Lipinski definition) is 4. The normalized spacial score (nSPS) is 11.6. The summed E-state index contributed by atoms with van der Waals surface area (Å²) in [5, 5.41) is 5.12. The summed E-state index contributed by atoms with van der Waals surface area (Å²) in [6, 6.07) is 18.9. The van der Waals surface area contributed by atoms with E-state index in [2.05, 4.69) is 5.32 Å². The molecule has 0 aliphatic heterocycles. The van der Waals surface area contributed by atoms with Crippen molar-refractivity contribution in [3.05, 3.63) is 82.0 Å². The SMILES string of the molecule is COc1cc(OC)cc(C(=O)N[C@H](c2ccccc2)c2cccs2)c1. The Bertz CT molecular complexity index is 809. The van der Waals surface area contributed by atoms with Gasteiger partial charge in [-0.1, -0.05) is 36.4 Å². The van der Waals surface area contributed by atoms with Crippen molar-refractivity contribution in [1.82, 2.24) is 5.32 Å². The van der Waals surface area contributed by atoms with E-state index in [-0.39, 0.29) is 11.9 Å². The van der Waals surface area contributed by atoms with E-state index in [4.69, 9.17) is 9.47 Å². The van der Waals surface area contributed by atoms with Gasteiger partial charge in [-0.05, 0) is 29.1 Å². The number of benzene rings is 2. The van der Waals surface area contributed by atoms with E-state index in [1.807, 2.05) is 47.8 Å². The summed E-state index contributed by atoms with van der Waals surface area (Å²) < 4.78 is 10.5. The van der Waals surface area contributed by atoms with Crippen LogP contribution in [0.15, 0.2) is 66.0 Å². The third kappa shape index (κ3) is 4.00. The van der Waals surface area contributed by atoms with Crippen molar-refractivity contribution < 1.29 is 14.3 Å². The second-order valence-electron chi connectivity index (χ2n) is 5.43. The zero-order valence-electron chi connectivity index (χ0n) is 14.1. The molecule has 0 saturated heterocycles. The molecule has 0 unspecified atom stereocenters. The summed E-state index contributed by atoms with van der Waals surface area (Å²) in [6.07, 6.45) is 0. The molecule has 25 heavy (non-hydrogen) atoms. The smallest absolute Gasteiger partial charge is 0.252 e. The first-order chi connectivity index (χ1) is 12.2. The molecule has 0 fully saturated rings. The predicted octanol–water partition coefficient (Wildman–Crippen LogP) is 4.28. The van der Waals surface area contributed by atoms with Crippen LogP contribution in [0.2, 0.25) is 0 Å². The molecule has 1 atom stereocenters. The molecule has 0 bridgehead atoms. The average Bonchev–Trinajstić information content (AvgIpc) is 3.20. The lowest BCUT2D eigenvalue weighted by Gasteiger charge is -2.18. The minimum atomic E-state index is -0.203. The van der Waals surface area contributed by atoms with Gasteiger partial charge in [0.05, 0.1) is 20.3 Å². The molecular formula is C20H19NO3S. The molecule has 5 heteroatoms. The van der Waals surface area contributed by atoms with Crippen LogP contribution in [0.25, 0.3) is 0 Å². The summed E-state index contributed by atoms with van der Waals surface area (Å²) in [5.74, 6) is 0.980. The average molecular weight is 353 g/mol. The summed E-state index contributed by atoms with van der Waals surface area (Å²) in [7, 11) is 3.13. The van der Waals surface area contributed by atoms with Crippen LogP contribution in [-0.4, -0.2) is 20.1 Å². The predicted molar refractivity (Wildman–Crippen MR) is 99.6 cm³/mol. The van der Waals surface area contributed by atoms with Crippen LogP contribution in [0.1, 0.15) is 26.8 Å². The van der Waals surface area contributed by atoms with Gasteiger partial charge in [0, 0.05) is 16.5 Å². The fraction of sp³-hybridized carbons (Fsp3) is 0.150. The molecule has 0 spiro atoms. The van der Waals surface area contributed by atoms with Crippen LogP contribution >= 0.6 is 11.3 Å². The van der Waals surface area contributed by atoms with Crippen LogP contribution < -0.4 is 14.8 Å². The number of thiophene rings is 1. The lowest BCUT2D eigenvalue weighted by atomic mass is 10.0. The minimum Gasteiger partial charge on any atom is -0.497 e. The van der Waals surface area contributed by atoms with Gasteiger partial charge in [-0.25, -0.2) is 0 Å². The van der Waals surface area contributed by atoms with E-state index < -0.39 is 0 Å². The van der Waals surface area contributed by atoms with Crippen LogP contribution in [0.4, 0.5) is 0 Å². The number of carbonyl (C=O) groups excluding carboxylic acids is 1. The lowest BCUT2D eigenvalue weighted by molar-refractivity contribution is 0.0943. The van der Waals surface area contributed by atoms with Crippen molar-refractivity contribution in [2.75, 3.05) is 14.2 Å². The second kappa shape index (κ2) is 7.85. The van der Waals surface area contributed by atoms with Gasteiger partial charge >= 0.3 is 0 Å². The zero-order chi connectivity index (χ0) is 17.6. The monoisotopic (exact) mass is 353 g/mol. The minimum absolute atomic E-state index is 0.181. The van der Waals surface area contributed by atoms with Crippen molar-refractivity contribution in [2.45, 2.75) is 6.04 Å².